The van der Waals surface area contributed by atoms with Crippen molar-refractivity contribution >= 4 is 16.9 Å². The summed E-state index contributed by atoms with van der Waals surface area (Å²) in [5.74, 6) is 0.429. The number of aryl methyl sites for hydroxylation is 2. The van der Waals surface area contributed by atoms with Gasteiger partial charge in [0.25, 0.3) is 5.91 Å². The molecule has 1 saturated heterocycles. The van der Waals surface area contributed by atoms with Crippen LogP contribution in [0.2, 0.25) is 0 Å². The van der Waals surface area contributed by atoms with Gasteiger partial charge in [0.1, 0.15) is 0 Å². The molecule has 0 atom stereocenters. The normalized spacial score (nSPS) is 15.3. The predicted molar refractivity (Wildman–Crippen MR) is 110 cm³/mol. The monoisotopic (exact) mass is 378 g/mol. The lowest BCUT2D eigenvalue weighted by Gasteiger charge is -2.33. The lowest BCUT2D eigenvalue weighted by Crippen LogP contribution is -2.38. The van der Waals surface area contributed by atoms with E-state index in [1.54, 1.807) is 23.2 Å². The van der Waals surface area contributed by atoms with Gasteiger partial charge >= 0.3 is 5.69 Å². The minimum Gasteiger partial charge on any atom is -0.339 e. The van der Waals surface area contributed by atoms with Crippen LogP contribution in [0.1, 0.15) is 40.2 Å². The van der Waals surface area contributed by atoms with Gasteiger partial charge in [-0.15, -0.1) is 0 Å². The van der Waals surface area contributed by atoms with E-state index in [0.29, 0.717) is 36.6 Å². The van der Waals surface area contributed by atoms with Gasteiger partial charge in [-0.2, -0.15) is 0 Å². The van der Waals surface area contributed by atoms with Crippen LogP contribution >= 0.6 is 0 Å². The lowest BCUT2D eigenvalue weighted by molar-refractivity contribution is 0.0714. The molecule has 4 rings (SSSR count). The van der Waals surface area contributed by atoms with Crippen molar-refractivity contribution in [1.82, 2.24) is 14.0 Å². The molecule has 0 aliphatic carbocycles. The zero-order valence-corrected chi connectivity index (χ0v) is 16.4. The molecule has 1 amide bonds. The molecule has 2 N–H and O–H groups in total. The van der Waals surface area contributed by atoms with E-state index in [-0.39, 0.29) is 11.6 Å². The number of para-hydroxylation sites is 1. The Labute approximate surface area is 164 Å². The number of likely N-dealkylation sites (tertiary alicyclic amines) is 1. The van der Waals surface area contributed by atoms with E-state index in [9.17, 15) is 9.59 Å². The number of hydrogen-bond acceptors (Lipinski definition) is 3. The van der Waals surface area contributed by atoms with Gasteiger partial charge < -0.3 is 10.6 Å². The first-order valence-corrected chi connectivity index (χ1v) is 9.74. The number of nitrogens with two attached hydrogens (primary N) is 1. The van der Waals surface area contributed by atoms with Crippen molar-refractivity contribution in [1.29, 1.82) is 0 Å². The van der Waals surface area contributed by atoms with E-state index in [1.165, 1.54) is 11.1 Å². The molecule has 1 aliphatic rings. The van der Waals surface area contributed by atoms with Gasteiger partial charge in [-0.05, 0) is 42.0 Å². The topological polar surface area (TPSA) is 73.3 Å². The van der Waals surface area contributed by atoms with Crippen LogP contribution < -0.4 is 11.4 Å². The standard InChI is InChI=1S/C22H26N4O2/c1-24-19-9-5-8-18(20(19)25(2)22(24)28)21(27)26-12-10-15(11-13-26)17-7-4-3-6-16(17)14-23/h3-9,15H,10-14,23H2,1-2H3. The van der Waals surface area contributed by atoms with Gasteiger partial charge in [0.2, 0.25) is 0 Å². The maximum Gasteiger partial charge on any atom is 0.328 e. The van der Waals surface area contributed by atoms with Crippen LogP contribution in [-0.2, 0) is 20.6 Å². The van der Waals surface area contributed by atoms with E-state index in [1.807, 2.05) is 29.2 Å². The fraction of sp³-hybridized carbons (Fsp3) is 0.364. The van der Waals surface area contributed by atoms with Crippen LogP contribution in [0.3, 0.4) is 0 Å². The molecule has 3 aromatic rings. The van der Waals surface area contributed by atoms with E-state index < -0.39 is 0 Å². The highest BCUT2D eigenvalue weighted by molar-refractivity contribution is 6.05. The molecular formula is C22H26N4O2. The number of nitrogens with zero attached hydrogens (tertiary/aromatic N) is 3. The first-order valence-electron chi connectivity index (χ1n) is 9.74. The van der Waals surface area contributed by atoms with Gasteiger partial charge in [-0.3, -0.25) is 13.9 Å². The van der Waals surface area contributed by atoms with E-state index in [2.05, 4.69) is 18.2 Å². The Morgan fingerprint density at radius 1 is 1.04 bits per heavy atom. The quantitative estimate of drug-likeness (QED) is 0.760. The van der Waals surface area contributed by atoms with Crippen molar-refractivity contribution in [2.24, 2.45) is 19.8 Å². The summed E-state index contributed by atoms with van der Waals surface area (Å²) in [4.78, 5) is 27.4. The van der Waals surface area contributed by atoms with Crippen molar-refractivity contribution in [2.75, 3.05) is 13.1 Å². The van der Waals surface area contributed by atoms with Gasteiger partial charge in [-0.25, -0.2) is 4.79 Å². The number of carbonyl (C=O) groups is 1. The van der Waals surface area contributed by atoms with E-state index in [4.69, 9.17) is 5.73 Å². The number of imidazole rings is 1. The molecule has 6 nitrogen and oxygen atoms in total. The number of aromatic nitrogens is 2. The van der Waals surface area contributed by atoms with Crippen molar-refractivity contribution in [3.05, 3.63) is 69.6 Å². The Kier molecular flexibility index (Phi) is 4.81. The summed E-state index contributed by atoms with van der Waals surface area (Å²) >= 11 is 0. The largest absolute Gasteiger partial charge is 0.339 e. The van der Waals surface area contributed by atoms with Crippen LogP contribution in [0, 0.1) is 0 Å². The third-order valence-corrected chi connectivity index (χ3v) is 6.01. The molecule has 146 valence electrons. The molecule has 0 spiro atoms. The molecular weight excluding hydrogens is 352 g/mol. The Morgan fingerprint density at radius 2 is 1.75 bits per heavy atom. The van der Waals surface area contributed by atoms with Crippen LogP contribution in [0.4, 0.5) is 0 Å². The highest BCUT2D eigenvalue weighted by Crippen LogP contribution is 2.31. The van der Waals surface area contributed by atoms with Gasteiger partial charge in [0.05, 0.1) is 16.6 Å². The molecule has 2 heterocycles. The molecule has 6 heteroatoms. The summed E-state index contributed by atoms with van der Waals surface area (Å²) in [6.07, 6.45) is 1.85. The zero-order valence-electron chi connectivity index (χ0n) is 16.4. The third-order valence-electron chi connectivity index (χ3n) is 6.01. The maximum atomic E-state index is 13.2. The van der Waals surface area contributed by atoms with E-state index in [0.717, 1.165) is 18.4 Å². The zero-order chi connectivity index (χ0) is 19.8. The van der Waals surface area contributed by atoms with Crippen LogP contribution in [-0.4, -0.2) is 33.0 Å². The number of hydrogen-bond donors (Lipinski definition) is 1. The minimum absolute atomic E-state index is 0.00244. The lowest BCUT2D eigenvalue weighted by atomic mass is 9.86. The van der Waals surface area contributed by atoms with Crippen LogP contribution in [0.25, 0.3) is 11.0 Å². The summed E-state index contributed by atoms with van der Waals surface area (Å²) in [5, 5.41) is 0. The first-order chi connectivity index (χ1) is 13.5. The van der Waals surface area contributed by atoms with Crippen LogP contribution in [0.15, 0.2) is 47.3 Å². The Balaban J connectivity index is 1.58. The molecule has 0 bridgehead atoms. The molecule has 1 aromatic heterocycles. The molecule has 0 saturated carbocycles. The average Bonchev–Trinajstić information content (AvgIpc) is 2.97. The van der Waals surface area contributed by atoms with Gasteiger partial charge in [0.15, 0.2) is 0 Å². The number of rotatable bonds is 3. The van der Waals surface area contributed by atoms with Crippen molar-refractivity contribution in [2.45, 2.75) is 25.3 Å². The van der Waals surface area contributed by atoms with Crippen molar-refractivity contribution < 1.29 is 4.79 Å². The molecule has 0 unspecified atom stereocenters. The summed E-state index contributed by atoms with van der Waals surface area (Å²) in [7, 11) is 3.46. The number of piperidine rings is 1. The van der Waals surface area contributed by atoms with E-state index >= 15 is 0 Å². The fourth-order valence-electron chi connectivity index (χ4n) is 4.43. The molecule has 0 radical (unpaired) electrons. The number of benzene rings is 2. The Hall–Kier alpha value is -2.86. The predicted octanol–water partition coefficient (Wildman–Crippen LogP) is 2.36. The SMILES string of the molecule is Cn1c(=O)n(C)c2c(C(=O)N3CCC(c4ccccc4CN)CC3)cccc21. The highest BCUT2D eigenvalue weighted by Gasteiger charge is 2.27. The maximum absolute atomic E-state index is 13.2. The first kappa shape index (κ1) is 18.5. The summed E-state index contributed by atoms with van der Waals surface area (Å²) in [6, 6.07) is 13.9. The number of amides is 1. The third kappa shape index (κ3) is 2.94. The highest BCUT2D eigenvalue weighted by atomic mass is 16.2. The second-order valence-corrected chi connectivity index (χ2v) is 7.54. The van der Waals surface area contributed by atoms with Gasteiger partial charge in [0, 0.05) is 33.7 Å². The molecule has 1 fully saturated rings. The smallest absolute Gasteiger partial charge is 0.328 e. The molecule has 28 heavy (non-hydrogen) atoms. The second kappa shape index (κ2) is 7.28. The summed E-state index contributed by atoms with van der Waals surface area (Å²) < 4.78 is 3.15. The fourth-order valence-corrected chi connectivity index (χ4v) is 4.43. The number of carbonyl (C=O) groups excluding carboxylic acids is 1. The van der Waals surface area contributed by atoms with Crippen LogP contribution in [0.5, 0.6) is 0 Å². The minimum atomic E-state index is -0.118. The van der Waals surface area contributed by atoms with Crippen molar-refractivity contribution in [3.63, 3.8) is 0 Å². The van der Waals surface area contributed by atoms with Gasteiger partial charge in [-0.1, -0.05) is 30.3 Å². The average molecular weight is 378 g/mol. The molecule has 2 aromatic carbocycles. The number of fused-ring (bicyclic) bond motifs is 1. The Morgan fingerprint density at radius 3 is 2.46 bits per heavy atom. The summed E-state index contributed by atoms with van der Waals surface area (Å²) in [6.45, 7) is 1.96. The Bertz CT molecular complexity index is 1090. The summed E-state index contributed by atoms with van der Waals surface area (Å²) in [5.41, 5.74) is 10.4. The second-order valence-electron chi connectivity index (χ2n) is 7.54. The molecule has 1 aliphatic heterocycles. The van der Waals surface area contributed by atoms with Crippen molar-refractivity contribution in [3.8, 4) is 0 Å².